The molecule has 1 fully saturated rings. The van der Waals surface area contributed by atoms with Gasteiger partial charge in [-0.05, 0) is 37.0 Å². The van der Waals surface area contributed by atoms with Crippen LogP contribution in [0.15, 0.2) is 12.2 Å². The van der Waals surface area contributed by atoms with Crippen molar-refractivity contribution in [2.75, 3.05) is 0 Å². The Morgan fingerprint density at radius 2 is 2.13 bits per heavy atom. The van der Waals surface area contributed by atoms with Gasteiger partial charge in [0.15, 0.2) is 0 Å². The molecule has 85 valence electrons. The zero-order chi connectivity index (χ0) is 11.1. The highest BCUT2D eigenvalue weighted by Crippen LogP contribution is 2.52. The molecule has 2 aliphatic carbocycles. The highest BCUT2D eigenvalue weighted by atomic mass is 29.2. The van der Waals surface area contributed by atoms with Crippen LogP contribution >= 0.6 is 0 Å². The fourth-order valence-corrected chi connectivity index (χ4v) is 7.22. The van der Waals surface area contributed by atoms with Crippen molar-refractivity contribution in [3.05, 3.63) is 12.2 Å². The molecular weight excluding hydrogens is 212 g/mol. The second kappa shape index (κ2) is 3.88. The van der Waals surface area contributed by atoms with Crippen molar-refractivity contribution in [2.45, 2.75) is 57.9 Å². The molecule has 2 aliphatic rings. The van der Waals surface area contributed by atoms with Crippen LogP contribution in [0.5, 0.6) is 0 Å². The second-order valence-corrected chi connectivity index (χ2v) is 20.4. The van der Waals surface area contributed by atoms with Crippen LogP contribution in [-0.2, 0) is 0 Å². The molecule has 0 aromatic carbocycles. The Bertz CT molecular complexity index is 264. The van der Waals surface area contributed by atoms with Crippen LogP contribution in [-0.4, -0.2) is 15.9 Å². The van der Waals surface area contributed by atoms with Crippen LogP contribution in [0.3, 0.4) is 0 Å². The first-order valence-corrected chi connectivity index (χ1v) is 13.1. The normalized spacial score (nSPS) is 34.3. The molecule has 2 rings (SSSR count). The van der Waals surface area contributed by atoms with E-state index in [9.17, 15) is 0 Å². The Morgan fingerprint density at radius 1 is 1.40 bits per heavy atom. The van der Waals surface area contributed by atoms with Crippen LogP contribution in [0.4, 0.5) is 0 Å². The number of hydrogen-bond donors (Lipinski definition) is 0. The van der Waals surface area contributed by atoms with E-state index in [1.165, 1.54) is 25.7 Å². The smallest absolute Gasteiger partial charge is 0.0368 e. The molecule has 0 nitrogen and oxygen atoms in total. The molecule has 0 N–H and O–H groups in total. The fraction of sp³-hybridized carbons (Fsp3) is 0.846. The zero-order valence-corrected chi connectivity index (χ0v) is 12.8. The Hall–Kier alpha value is 0.174. The first-order chi connectivity index (χ1) is 6.91. The highest BCUT2D eigenvalue weighted by molar-refractivity contribution is 7.31. The average Bonchev–Trinajstić information content (AvgIpc) is 2.72. The fourth-order valence-electron chi connectivity index (χ4n) is 2.98. The van der Waals surface area contributed by atoms with Crippen LogP contribution in [0.25, 0.3) is 0 Å². The molecule has 2 heteroatoms. The molecule has 1 radical (unpaired) electrons. The molecule has 0 aromatic rings. The first-order valence-electron chi connectivity index (χ1n) is 6.44. The van der Waals surface area contributed by atoms with Gasteiger partial charge in [0, 0.05) is 15.9 Å². The zero-order valence-electron chi connectivity index (χ0n) is 10.8. The monoisotopic (exact) mass is 237 g/mol. The molecule has 1 saturated carbocycles. The summed E-state index contributed by atoms with van der Waals surface area (Å²) in [5.74, 6) is 0.962. The number of allylic oxidation sites excluding steroid dienone is 2. The SMILES string of the molecule is C[Si](CCC12C=CC(CC1)C2)[Si](C)(C)C. The van der Waals surface area contributed by atoms with Crippen molar-refractivity contribution in [3.8, 4) is 0 Å². The molecule has 0 aromatic heterocycles. The Kier molecular flexibility index (Phi) is 3.02. The predicted octanol–water partition coefficient (Wildman–Crippen LogP) is 4.27. The third kappa shape index (κ3) is 2.47. The van der Waals surface area contributed by atoms with Gasteiger partial charge in [0.05, 0.1) is 0 Å². The molecule has 0 saturated heterocycles. The summed E-state index contributed by atoms with van der Waals surface area (Å²) in [5.41, 5.74) is 0.677. The lowest BCUT2D eigenvalue weighted by Crippen LogP contribution is -2.40. The van der Waals surface area contributed by atoms with Crippen LogP contribution in [0, 0.1) is 11.3 Å². The quantitative estimate of drug-likeness (QED) is 0.506. The minimum Gasteiger partial charge on any atom is -0.0848 e. The van der Waals surface area contributed by atoms with Gasteiger partial charge in [0.25, 0.3) is 0 Å². The molecule has 2 bridgehead atoms. The Morgan fingerprint density at radius 3 is 2.53 bits per heavy atom. The van der Waals surface area contributed by atoms with Crippen LogP contribution in [0.1, 0.15) is 25.7 Å². The minimum atomic E-state index is -0.787. The van der Waals surface area contributed by atoms with E-state index in [0.29, 0.717) is 5.41 Å². The largest absolute Gasteiger partial charge is 0.0848 e. The third-order valence-corrected chi connectivity index (χ3v) is 16.7. The van der Waals surface area contributed by atoms with Gasteiger partial charge in [0.2, 0.25) is 0 Å². The molecule has 0 amide bonds. The predicted molar refractivity (Wildman–Crippen MR) is 73.3 cm³/mol. The lowest BCUT2D eigenvalue weighted by molar-refractivity contribution is 0.388. The van der Waals surface area contributed by atoms with Crippen molar-refractivity contribution in [2.24, 2.45) is 11.3 Å². The van der Waals surface area contributed by atoms with E-state index in [0.717, 1.165) is 5.92 Å². The van der Waals surface area contributed by atoms with E-state index in [4.69, 9.17) is 0 Å². The summed E-state index contributed by atoms with van der Waals surface area (Å²) in [4.78, 5) is 0. The summed E-state index contributed by atoms with van der Waals surface area (Å²) in [6.45, 7) is 10.3. The molecule has 0 aliphatic heterocycles. The number of fused-ring (bicyclic) bond motifs is 2. The Labute approximate surface area is 97.6 Å². The van der Waals surface area contributed by atoms with E-state index in [-0.39, 0.29) is 8.31 Å². The molecular formula is C13H25Si2. The lowest BCUT2D eigenvalue weighted by Gasteiger charge is -2.29. The van der Waals surface area contributed by atoms with Gasteiger partial charge in [-0.1, -0.05) is 44.4 Å². The lowest BCUT2D eigenvalue weighted by atomic mass is 9.85. The second-order valence-electron chi connectivity index (χ2n) is 6.75. The molecule has 2 unspecified atom stereocenters. The third-order valence-electron chi connectivity index (χ3n) is 4.68. The van der Waals surface area contributed by atoms with Gasteiger partial charge in [-0.15, -0.1) is 0 Å². The van der Waals surface area contributed by atoms with E-state index < -0.39 is 7.59 Å². The van der Waals surface area contributed by atoms with E-state index in [1.807, 2.05) is 0 Å². The molecule has 2 atom stereocenters. The summed E-state index contributed by atoms with van der Waals surface area (Å²) in [5, 5.41) is 0. The highest BCUT2D eigenvalue weighted by Gasteiger charge is 2.40. The summed E-state index contributed by atoms with van der Waals surface area (Å²) >= 11 is 0. The van der Waals surface area contributed by atoms with E-state index in [2.05, 4.69) is 38.3 Å². The van der Waals surface area contributed by atoms with Gasteiger partial charge < -0.3 is 0 Å². The van der Waals surface area contributed by atoms with Gasteiger partial charge in [-0.2, -0.15) is 0 Å². The van der Waals surface area contributed by atoms with Gasteiger partial charge in [-0.25, -0.2) is 0 Å². The van der Waals surface area contributed by atoms with E-state index >= 15 is 0 Å². The standard InChI is InChI=1S/C13H25Si2/c1-14(15(2,3)4)10-9-13-7-5-12(11-13)6-8-13/h5,7,12H,6,8-11H2,1-4H3. The molecule has 15 heavy (non-hydrogen) atoms. The maximum Gasteiger partial charge on any atom is 0.0368 e. The summed E-state index contributed by atoms with van der Waals surface area (Å²) < 4.78 is 0. The van der Waals surface area contributed by atoms with Crippen LogP contribution in [0.2, 0.25) is 32.2 Å². The number of rotatable bonds is 4. The van der Waals surface area contributed by atoms with Crippen molar-refractivity contribution in [3.63, 3.8) is 0 Å². The van der Waals surface area contributed by atoms with Crippen LogP contribution < -0.4 is 0 Å². The van der Waals surface area contributed by atoms with Crippen molar-refractivity contribution in [1.82, 2.24) is 0 Å². The van der Waals surface area contributed by atoms with Crippen molar-refractivity contribution >= 4 is 15.9 Å². The van der Waals surface area contributed by atoms with Gasteiger partial charge in [-0.3, -0.25) is 0 Å². The maximum atomic E-state index is 2.58. The van der Waals surface area contributed by atoms with Crippen molar-refractivity contribution < 1.29 is 0 Å². The first kappa shape index (κ1) is 11.7. The van der Waals surface area contributed by atoms with Gasteiger partial charge in [0.1, 0.15) is 0 Å². The summed E-state index contributed by atoms with van der Waals surface area (Å²) in [7, 11) is -0.803. The summed E-state index contributed by atoms with van der Waals surface area (Å²) in [6, 6.07) is 1.57. The van der Waals surface area contributed by atoms with Crippen molar-refractivity contribution in [1.29, 1.82) is 0 Å². The number of hydrogen-bond acceptors (Lipinski definition) is 0. The van der Waals surface area contributed by atoms with E-state index in [1.54, 1.807) is 6.04 Å². The maximum absolute atomic E-state index is 2.58. The minimum absolute atomic E-state index is 0.0163. The molecule has 0 heterocycles. The molecule has 0 spiro atoms. The topological polar surface area (TPSA) is 0 Å². The summed E-state index contributed by atoms with van der Waals surface area (Å²) in [6.07, 6.45) is 11.0. The Balaban J connectivity index is 1.86. The van der Waals surface area contributed by atoms with Gasteiger partial charge >= 0.3 is 0 Å². The average molecular weight is 238 g/mol.